The number of hydrogen-bond donors (Lipinski definition) is 1. The van der Waals surface area contributed by atoms with E-state index >= 15 is 0 Å². The minimum atomic E-state index is -0.791. The molecule has 0 bridgehead atoms. The molecule has 1 rings (SSSR count). The zero-order chi connectivity index (χ0) is 11.1. The zero-order valence-corrected chi connectivity index (χ0v) is 9.54. The number of thioether (sulfide) groups is 1. The van der Waals surface area contributed by atoms with Crippen LogP contribution in [0.5, 0.6) is 0 Å². The number of rotatable bonds is 6. The molecular weight excluding hydrogens is 216 g/mol. The van der Waals surface area contributed by atoms with Crippen LogP contribution in [0.4, 0.5) is 8.78 Å². The highest BCUT2D eigenvalue weighted by Crippen LogP contribution is 2.08. The molecule has 1 aromatic carbocycles. The first-order chi connectivity index (χ1) is 7.24. The van der Waals surface area contributed by atoms with E-state index in [1.54, 1.807) is 6.07 Å². The quantitative estimate of drug-likeness (QED) is 0.756. The molecular formula is C11H15F2NS. The fraction of sp³-hybridized carbons (Fsp3) is 0.455. The van der Waals surface area contributed by atoms with E-state index < -0.39 is 11.6 Å². The van der Waals surface area contributed by atoms with Gasteiger partial charge in [0.15, 0.2) is 11.6 Å². The first-order valence-electron chi connectivity index (χ1n) is 4.96. The normalized spacial score (nSPS) is 10.6. The summed E-state index contributed by atoms with van der Waals surface area (Å²) in [6, 6.07) is 3.99. The third-order valence-electron chi connectivity index (χ3n) is 1.94. The van der Waals surface area contributed by atoms with Crippen molar-refractivity contribution in [3.63, 3.8) is 0 Å². The minimum absolute atomic E-state index is 0.585. The molecule has 0 aliphatic rings. The van der Waals surface area contributed by atoms with Crippen molar-refractivity contribution < 1.29 is 8.78 Å². The van der Waals surface area contributed by atoms with Gasteiger partial charge in [0, 0.05) is 18.8 Å². The number of halogens is 2. The maximum atomic E-state index is 12.8. The monoisotopic (exact) mass is 231 g/mol. The van der Waals surface area contributed by atoms with E-state index in [0.717, 1.165) is 29.7 Å². The zero-order valence-electron chi connectivity index (χ0n) is 8.72. The maximum Gasteiger partial charge on any atom is 0.159 e. The molecule has 4 heteroatoms. The molecule has 0 aromatic heterocycles. The molecule has 0 spiro atoms. The number of nitrogens with one attached hydrogen (secondary N) is 1. The average molecular weight is 231 g/mol. The molecule has 1 N–H and O–H groups in total. The second-order valence-corrected chi connectivity index (χ2v) is 4.52. The van der Waals surface area contributed by atoms with E-state index in [-0.39, 0.29) is 0 Å². The van der Waals surface area contributed by atoms with Gasteiger partial charge in [0.1, 0.15) is 0 Å². The van der Waals surface area contributed by atoms with Crippen LogP contribution in [0.15, 0.2) is 18.2 Å². The van der Waals surface area contributed by atoms with Gasteiger partial charge in [-0.15, -0.1) is 0 Å². The van der Waals surface area contributed by atoms with Crippen LogP contribution in [0.25, 0.3) is 0 Å². The van der Waals surface area contributed by atoms with Gasteiger partial charge in [0.25, 0.3) is 0 Å². The van der Waals surface area contributed by atoms with E-state index in [1.165, 1.54) is 6.07 Å². The summed E-state index contributed by atoms with van der Waals surface area (Å²) in [5, 5.41) is 3.17. The molecule has 0 heterocycles. The SMILES string of the molecule is CCSCCNCc1ccc(F)c(F)c1. The molecule has 0 unspecified atom stereocenters. The van der Waals surface area contributed by atoms with Gasteiger partial charge in [0.05, 0.1) is 0 Å². The second kappa shape index (κ2) is 6.80. The average Bonchev–Trinajstić information content (AvgIpc) is 2.23. The highest BCUT2D eigenvalue weighted by Gasteiger charge is 2.01. The molecule has 1 nitrogen and oxygen atoms in total. The van der Waals surface area contributed by atoms with Crippen LogP contribution in [0.3, 0.4) is 0 Å². The van der Waals surface area contributed by atoms with Crippen molar-refractivity contribution in [2.75, 3.05) is 18.1 Å². The summed E-state index contributed by atoms with van der Waals surface area (Å²) in [5.74, 6) is 0.574. The molecule has 0 atom stereocenters. The topological polar surface area (TPSA) is 12.0 Å². The molecule has 0 aliphatic carbocycles. The fourth-order valence-electron chi connectivity index (χ4n) is 1.17. The Morgan fingerprint density at radius 3 is 2.73 bits per heavy atom. The minimum Gasteiger partial charge on any atom is -0.312 e. The molecule has 0 saturated carbocycles. The smallest absolute Gasteiger partial charge is 0.159 e. The molecule has 0 fully saturated rings. The van der Waals surface area contributed by atoms with Crippen LogP contribution in [-0.4, -0.2) is 18.1 Å². The third-order valence-corrected chi connectivity index (χ3v) is 2.84. The summed E-state index contributed by atoms with van der Waals surface area (Å²) in [7, 11) is 0. The lowest BCUT2D eigenvalue weighted by Gasteiger charge is -2.04. The Morgan fingerprint density at radius 2 is 2.07 bits per heavy atom. The van der Waals surface area contributed by atoms with Gasteiger partial charge in [-0.3, -0.25) is 0 Å². The molecule has 1 aromatic rings. The van der Waals surface area contributed by atoms with Crippen molar-refractivity contribution in [1.82, 2.24) is 5.32 Å². The molecule has 0 saturated heterocycles. The van der Waals surface area contributed by atoms with Crippen molar-refractivity contribution >= 4 is 11.8 Å². The van der Waals surface area contributed by atoms with Crippen LogP contribution < -0.4 is 5.32 Å². The van der Waals surface area contributed by atoms with Gasteiger partial charge in [-0.1, -0.05) is 13.0 Å². The largest absolute Gasteiger partial charge is 0.312 e. The fourth-order valence-corrected chi connectivity index (χ4v) is 1.75. The van der Waals surface area contributed by atoms with Crippen LogP contribution >= 0.6 is 11.8 Å². The second-order valence-electron chi connectivity index (χ2n) is 3.12. The summed E-state index contributed by atoms with van der Waals surface area (Å²) >= 11 is 1.85. The van der Waals surface area contributed by atoms with E-state index in [9.17, 15) is 8.78 Å². The van der Waals surface area contributed by atoms with E-state index in [2.05, 4.69) is 12.2 Å². The van der Waals surface area contributed by atoms with Crippen LogP contribution in [0.1, 0.15) is 12.5 Å². The Balaban J connectivity index is 2.28. The summed E-state index contributed by atoms with van der Waals surface area (Å²) in [6.07, 6.45) is 0. The van der Waals surface area contributed by atoms with Crippen molar-refractivity contribution in [2.45, 2.75) is 13.5 Å². The predicted molar refractivity (Wildman–Crippen MR) is 61.1 cm³/mol. The highest BCUT2D eigenvalue weighted by molar-refractivity contribution is 7.99. The molecule has 84 valence electrons. The molecule has 0 amide bonds. The summed E-state index contributed by atoms with van der Waals surface area (Å²) in [5.41, 5.74) is 0.774. The summed E-state index contributed by atoms with van der Waals surface area (Å²) < 4.78 is 25.4. The van der Waals surface area contributed by atoms with Gasteiger partial charge < -0.3 is 5.32 Å². The summed E-state index contributed by atoms with van der Waals surface area (Å²) in [4.78, 5) is 0. The van der Waals surface area contributed by atoms with E-state index in [0.29, 0.717) is 6.54 Å². The van der Waals surface area contributed by atoms with Crippen LogP contribution in [0, 0.1) is 11.6 Å². The Morgan fingerprint density at radius 1 is 1.27 bits per heavy atom. The van der Waals surface area contributed by atoms with Gasteiger partial charge in [-0.2, -0.15) is 11.8 Å². The number of hydrogen-bond acceptors (Lipinski definition) is 2. The first kappa shape index (κ1) is 12.5. The summed E-state index contributed by atoms with van der Waals surface area (Å²) in [6.45, 7) is 3.58. The lowest BCUT2D eigenvalue weighted by molar-refractivity contribution is 0.506. The lowest BCUT2D eigenvalue weighted by Crippen LogP contribution is -2.16. The lowest BCUT2D eigenvalue weighted by atomic mass is 10.2. The van der Waals surface area contributed by atoms with Crippen LogP contribution in [-0.2, 0) is 6.54 Å². The van der Waals surface area contributed by atoms with Crippen molar-refractivity contribution in [3.8, 4) is 0 Å². The molecule has 0 radical (unpaired) electrons. The standard InChI is InChI=1S/C11H15F2NS/c1-2-15-6-5-14-8-9-3-4-10(12)11(13)7-9/h3-4,7,14H,2,5-6,8H2,1H3. The predicted octanol–water partition coefficient (Wildman–Crippen LogP) is 2.81. The first-order valence-corrected chi connectivity index (χ1v) is 6.12. The van der Waals surface area contributed by atoms with Crippen LogP contribution in [0.2, 0.25) is 0 Å². The van der Waals surface area contributed by atoms with Gasteiger partial charge in [0.2, 0.25) is 0 Å². The molecule has 0 aliphatic heterocycles. The Labute approximate surface area is 93.3 Å². The van der Waals surface area contributed by atoms with Gasteiger partial charge >= 0.3 is 0 Å². The van der Waals surface area contributed by atoms with Crippen molar-refractivity contribution in [2.24, 2.45) is 0 Å². The Bertz CT molecular complexity index is 305. The Hall–Kier alpha value is -0.610. The number of benzene rings is 1. The van der Waals surface area contributed by atoms with E-state index in [1.807, 2.05) is 11.8 Å². The third kappa shape index (κ3) is 4.62. The van der Waals surface area contributed by atoms with Crippen molar-refractivity contribution in [3.05, 3.63) is 35.4 Å². The molecule has 15 heavy (non-hydrogen) atoms. The maximum absolute atomic E-state index is 12.8. The van der Waals surface area contributed by atoms with Gasteiger partial charge in [-0.25, -0.2) is 8.78 Å². The van der Waals surface area contributed by atoms with E-state index in [4.69, 9.17) is 0 Å². The van der Waals surface area contributed by atoms with Crippen molar-refractivity contribution in [1.29, 1.82) is 0 Å². The Kier molecular flexibility index (Phi) is 5.65. The van der Waals surface area contributed by atoms with Gasteiger partial charge in [-0.05, 0) is 23.4 Å². The highest BCUT2D eigenvalue weighted by atomic mass is 32.2.